The molecule has 2 rings (SSSR count). The van der Waals surface area contributed by atoms with E-state index in [0.29, 0.717) is 6.04 Å². The maximum absolute atomic E-state index is 11.0. The van der Waals surface area contributed by atoms with Gasteiger partial charge < -0.3 is 15.5 Å². The minimum atomic E-state index is -0.0307. The van der Waals surface area contributed by atoms with Crippen LogP contribution in [0.4, 0.5) is 5.69 Å². The van der Waals surface area contributed by atoms with Crippen molar-refractivity contribution in [3.05, 3.63) is 29.8 Å². The van der Waals surface area contributed by atoms with Crippen LogP contribution in [0.3, 0.4) is 0 Å². The van der Waals surface area contributed by atoms with E-state index in [2.05, 4.69) is 41.5 Å². The van der Waals surface area contributed by atoms with Crippen LogP contribution in [-0.4, -0.2) is 36.5 Å². The summed E-state index contributed by atoms with van der Waals surface area (Å²) in [5, 5.41) is 6.33. The summed E-state index contributed by atoms with van der Waals surface area (Å²) in [5.41, 5.74) is 2.11. The molecule has 0 radical (unpaired) electrons. The third kappa shape index (κ3) is 5.14. The molecule has 1 aromatic carbocycles. The molecule has 0 spiro atoms. The fourth-order valence-corrected chi connectivity index (χ4v) is 2.83. The van der Waals surface area contributed by atoms with E-state index in [1.807, 2.05) is 12.1 Å². The summed E-state index contributed by atoms with van der Waals surface area (Å²) in [5.74, 6) is 0.739. The molecule has 1 aliphatic rings. The molecule has 1 aromatic rings. The van der Waals surface area contributed by atoms with Crippen LogP contribution in [0.15, 0.2) is 24.3 Å². The zero-order valence-electron chi connectivity index (χ0n) is 13.4. The van der Waals surface area contributed by atoms with Gasteiger partial charge in [-0.05, 0) is 57.0 Å². The Hall–Kier alpha value is -1.39. The second-order valence-electron chi connectivity index (χ2n) is 6.25. The highest BCUT2D eigenvalue weighted by molar-refractivity contribution is 5.88. The molecule has 0 aromatic heterocycles. The van der Waals surface area contributed by atoms with Crippen molar-refractivity contribution >= 4 is 11.6 Å². The Kier molecular flexibility index (Phi) is 5.76. The number of likely N-dealkylation sites (tertiary alicyclic amines) is 1. The molecule has 4 nitrogen and oxygen atoms in total. The van der Waals surface area contributed by atoms with E-state index in [9.17, 15) is 4.79 Å². The minimum Gasteiger partial charge on any atom is -0.326 e. The lowest BCUT2D eigenvalue weighted by molar-refractivity contribution is -0.114. The lowest BCUT2D eigenvalue weighted by Crippen LogP contribution is -2.30. The van der Waals surface area contributed by atoms with Crippen LogP contribution in [0.1, 0.15) is 32.8 Å². The number of nitrogens with one attached hydrogen (secondary N) is 2. The quantitative estimate of drug-likeness (QED) is 0.845. The topological polar surface area (TPSA) is 44.4 Å². The Morgan fingerprint density at radius 2 is 2.05 bits per heavy atom. The maximum atomic E-state index is 11.0. The number of nitrogens with zero attached hydrogens (tertiary/aromatic N) is 1. The highest BCUT2D eigenvalue weighted by atomic mass is 16.1. The largest absolute Gasteiger partial charge is 0.326 e. The predicted octanol–water partition coefficient (Wildman–Crippen LogP) is 2.46. The van der Waals surface area contributed by atoms with Gasteiger partial charge in [-0.2, -0.15) is 0 Å². The van der Waals surface area contributed by atoms with E-state index in [1.165, 1.54) is 32.0 Å². The smallest absolute Gasteiger partial charge is 0.221 e. The van der Waals surface area contributed by atoms with Gasteiger partial charge in [0, 0.05) is 31.7 Å². The second kappa shape index (κ2) is 7.57. The average Bonchev–Trinajstić information content (AvgIpc) is 2.89. The lowest BCUT2D eigenvalue weighted by Gasteiger charge is -2.20. The van der Waals surface area contributed by atoms with Gasteiger partial charge in [-0.25, -0.2) is 0 Å². The van der Waals surface area contributed by atoms with Crippen molar-refractivity contribution in [2.45, 2.75) is 39.8 Å². The molecule has 4 heteroatoms. The Balaban J connectivity index is 1.70. The molecule has 1 aliphatic heterocycles. The summed E-state index contributed by atoms with van der Waals surface area (Å²) in [7, 11) is 0. The van der Waals surface area contributed by atoms with E-state index in [4.69, 9.17) is 0 Å². The number of anilines is 1. The first kappa shape index (κ1) is 16.0. The molecular formula is C17H27N3O. The monoisotopic (exact) mass is 289 g/mol. The normalized spacial score (nSPS) is 19.1. The number of hydrogen-bond acceptors (Lipinski definition) is 3. The highest BCUT2D eigenvalue weighted by Crippen LogP contribution is 2.17. The van der Waals surface area contributed by atoms with E-state index < -0.39 is 0 Å². The number of benzene rings is 1. The summed E-state index contributed by atoms with van der Waals surface area (Å²) in [6.07, 6.45) is 1.30. The molecular weight excluding hydrogens is 262 g/mol. The Morgan fingerprint density at radius 3 is 2.62 bits per heavy atom. The second-order valence-corrected chi connectivity index (χ2v) is 6.25. The third-order valence-corrected chi connectivity index (χ3v) is 4.08. The van der Waals surface area contributed by atoms with Gasteiger partial charge in [-0.15, -0.1) is 0 Å². The zero-order chi connectivity index (χ0) is 15.2. The average molecular weight is 289 g/mol. The minimum absolute atomic E-state index is 0.0307. The molecule has 1 saturated heterocycles. The standard InChI is InChI=1S/C17H27N3O/c1-13(2)20-9-8-16(12-20)11-18-10-15-4-6-17(7-5-15)19-14(3)21/h4-7,13,16,18H,8-12H2,1-3H3,(H,19,21)/t16-/m0/s1. The van der Waals surface area contributed by atoms with E-state index in [0.717, 1.165) is 24.7 Å². The molecule has 1 amide bonds. The van der Waals surface area contributed by atoms with Gasteiger partial charge in [0.2, 0.25) is 5.91 Å². The van der Waals surface area contributed by atoms with Crippen molar-refractivity contribution in [2.75, 3.05) is 25.0 Å². The van der Waals surface area contributed by atoms with Crippen molar-refractivity contribution < 1.29 is 4.79 Å². The molecule has 2 N–H and O–H groups in total. The van der Waals surface area contributed by atoms with Gasteiger partial charge in [0.05, 0.1) is 0 Å². The van der Waals surface area contributed by atoms with Crippen LogP contribution < -0.4 is 10.6 Å². The van der Waals surface area contributed by atoms with Crippen molar-refractivity contribution in [2.24, 2.45) is 5.92 Å². The zero-order valence-corrected chi connectivity index (χ0v) is 13.4. The number of carbonyl (C=O) groups excluding carboxylic acids is 1. The Morgan fingerprint density at radius 1 is 1.33 bits per heavy atom. The first-order valence-electron chi connectivity index (χ1n) is 7.86. The van der Waals surface area contributed by atoms with Crippen LogP contribution in [0.5, 0.6) is 0 Å². The van der Waals surface area contributed by atoms with Crippen LogP contribution in [0, 0.1) is 5.92 Å². The van der Waals surface area contributed by atoms with Crippen molar-refractivity contribution in [1.82, 2.24) is 10.2 Å². The Labute approximate surface area is 127 Å². The van der Waals surface area contributed by atoms with Crippen LogP contribution >= 0.6 is 0 Å². The molecule has 0 aliphatic carbocycles. The molecule has 1 atom stereocenters. The molecule has 0 bridgehead atoms. The number of hydrogen-bond donors (Lipinski definition) is 2. The molecule has 116 valence electrons. The Bertz CT molecular complexity index is 456. The first-order chi connectivity index (χ1) is 10.0. The van der Waals surface area contributed by atoms with Gasteiger partial charge in [-0.3, -0.25) is 4.79 Å². The summed E-state index contributed by atoms with van der Waals surface area (Å²) >= 11 is 0. The predicted molar refractivity (Wildman–Crippen MR) is 87.3 cm³/mol. The SMILES string of the molecule is CC(=O)Nc1ccc(CNC[C@@H]2CCN(C(C)C)C2)cc1. The maximum Gasteiger partial charge on any atom is 0.221 e. The molecule has 0 saturated carbocycles. The summed E-state index contributed by atoms with van der Waals surface area (Å²) in [6, 6.07) is 8.69. The third-order valence-electron chi connectivity index (χ3n) is 4.08. The number of amides is 1. The summed E-state index contributed by atoms with van der Waals surface area (Å²) in [4.78, 5) is 13.5. The fraction of sp³-hybridized carbons (Fsp3) is 0.588. The first-order valence-corrected chi connectivity index (χ1v) is 7.86. The van der Waals surface area contributed by atoms with E-state index in [-0.39, 0.29) is 5.91 Å². The molecule has 21 heavy (non-hydrogen) atoms. The van der Waals surface area contributed by atoms with Gasteiger partial charge in [0.1, 0.15) is 0 Å². The summed E-state index contributed by atoms with van der Waals surface area (Å²) < 4.78 is 0. The van der Waals surface area contributed by atoms with Crippen LogP contribution in [0.2, 0.25) is 0 Å². The van der Waals surface area contributed by atoms with Gasteiger partial charge in [0.15, 0.2) is 0 Å². The van der Waals surface area contributed by atoms with Crippen LogP contribution in [-0.2, 0) is 11.3 Å². The van der Waals surface area contributed by atoms with E-state index >= 15 is 0 Å². The van der Waals surface area contributed by atoms with Crippen LogP contribution in [0.25, 0.3) is 0 Å². The fourth-order valence-electron chi connectivity index (χ4n) is 2.83. The van der Waals surface area contributed by atoms with Crippen molar-refractivity contribution in [3.63, 3.8) is 0 Å². The molecule has 0 unspecified atom stereocenters. The molecule has 1 heterocycles. The highest BCUT2D eigenvalue weighted by Gasteiger charge is 2.23. The van der Waals surface area contributed by atoms with Gasteiger partial charge in [0.25, 0.3) is 0 Å². The number of carbonyl (C=O) groups is 1. The molecule has 1 fully saturated rings. The number of rotatable bonds is 6. The van der Waals surface area contributed by atoms with Gasteiger partial charge >= 0.3 is 0 Å². The van der Waals surface area contributed by atoms with E-state index in [1.54, 1.807) is 0 Å². The lowest BCUT2D eigenvalue weighted by atomic mass is 10.1. The van der Waals surface area contributed by atoms with Crippen molar-refractivity contribution in [3.8, 4) is 0 Å². The van der Waals surface area contributed by atoms with Crippen molar-refractivity contribution in [1.29, 1.82) is 0 Å². The summed E-state index contributed by atoms with van der Waals surface area (Å²) in [6.45, 7) is 10.5. The van der Waals surface area contributed by atoms with Gasteiger partial charge in [-0.1, -0.05) is 12.1 Å².